The summed E-state index contributed by atoms with van der Waals surface area (Å²) in [6.45, 7) is 9.97. The van der Waals surface area contributed by atoms with Crippen molar-refractivity contribution in [2.24, 2.45) is 4.99 Å². The van der Waals surface area contributed by atoms with Crippen LogP contribution in [0.2, 0.25) is 0 Å². The fourth-order valence-corrected chi connectivity index (χ4v) is 6.40. The van der Waals surface area contributed by atoms with Gasteiger partial charge in [-0.15, -0.1) is 0 Å². The first kappa shape index (κ1) is 25.1. The highest BCUT2D eigenvalue weighted by atomic mass is 32.2. The van der Waals surface area contributed by atoms with Gasteiger partial charge < -0.3 is 9.30 Å². The molecule has 0 bridgehead atoms. The van der Waals surface area contributed by atoms with Gasteiger partial charge in [0, 0.05) is 25.2 Å². The van der Waals surface area contributed by atoms with Crippen molar-refractivity contribution in [1.82, 2.24) is 8.87 Å². The van der Waals surface area contributed by atoms with Crippen molar-refractivity contribution in [2.45, 2.75) is 52.0 Å². The van der Waals surface area contributed by atoms with Crippen molar-refractivity contribution < 1.29 is 17.9 Å². The Morgan fingerprint density at radius 3 is 2.27 bits per heavy atom. The summed E-state index contributed by atoms with van der Waals surface area (Å²) in [5, 5.41) is 0. The van der Waals surface area contributed by atoms with E-state index in [4.69, 9.17) is 4.74 Å². The third kappa shape index (κ3) is 5.37. The van der Waals surface area contributed by atoms with Gasteiger partial charge in [0.05, 0.1) is 16.2 Å². The summed E-state index contributed by atoms with van der Waals surface area (Å²) in [5.41, 5.74) is 1.27. The first-order chi connectivity index (χ1) is 15.9. The molecule has 0 fully saturated rings. The Hall–Kier alpha value is -2.49. The predicted molar refractivity (Wildman–Crippen MR) is 132 cm³/mol. The van der Waals surface area contributed by atoms with Crippen LogP contribution in [0, 0.1) is 0 Å². The number of fused-ring (bicyclic) bond motifs is 1. The summed E-state index contributed by atoms with van der Waals surface area (Å²) >= 11 is 1.43. The molecule has 2 aromatic carbocycles. The maximum Gasteiger partial charge on any atom is 0.279 e. The van der Waals surface area contributed by atoms with Crippen LogP contribution in [-0.4, -0.2) is 42.9 Å². The number of para-hydroxylation sites is 1. The average Bonchev–Trinajstić information content (AvgIpc) is 3.17. The van der Waals surface area contributed by atoms with Gasteiger partial charge in [-0.3, -0.25) is 4.79 Å². The fraction of sp³-hybridized carbons (Fsp3) is 0.417. The number of nitrogens with zero attached hydrogens (tertiary/aromatic N) is 3. The minimum Gasteiger partial charge on any atom is -0.492 e. The number of carbonyl (C=O) groups excluding carboxylic acids is 1. The molecular formula is C24H31N3O4S2. The van der Waals surface area contributed by atoms with E-state index in [1.807, 2.05) is 50.5 Å². The van der Waals surface area contributed by atoms with Gasteiger partial charge in [0.2, 0.25) is 10.0 Å². The molecule has 1 amide bonds. The molecule has 178 valence electrons. The molecule has 0 aliphatic carbocycles. The second kappa shape index (κ2) is 11.1. The standard InChI is InChI=1S/C24H31N3O4S2/c1-5-16-26(17-6-2)33(29,30)19-14-12-18(13-15-19)23(28)25-24-27(7-3)22-20(31-8-4)10-9-11-21(22)32-24/h9-15H,5-8,16-17H2,1-4H3. The van der Waals surface area contributed by atoms with Crippen LogP contribution in [0.15, 0.2) is 52.4 Å². The number of aromatic nitrogens is 1. The van der Waals surface area contributed by atoms with Gasteiger partial charge in [0.1, 0.15) is 11.3 Å². The van der Waals surface area contributed by atoms with Gasteiger partial charge in [-0.2, -0.15) is 9.30 Å². The van der Waals surface area contributed by atoms with Crippen LogP contribution in [-0.2, 0) is 16.6 Å². The number of carbonyl (C=O) groups is 1. The highest BCUT2D eigenvalue weighted by Gasteiger charge is 2.23. The quantitative estimate of drug-likeness (QED) is 0.414. The van der Waals surface area contributed by atoms with E-state index in [9.17, 15) is 13.2 Å². The molecule has 0 saturated carbocycles. The van der Waals surface area contributed by atoms with Crippen LogP contribution >= 0.6 is 11.3 Å². The zero-order valence-electron chi connectivity index (χ0n) is 19.6. The number of rotatable bonds is 10. The maximum atomic E-state index is 13.0. The second-order valence-electron chi connectivity index (χ2n) is 7.51. The lowest BCUT2D eigenvalue weighted by Gasteiger charge is -2.21. The Labute approximate surface area is 199 Å². The van der Waals surface area contributed by atoms with Crippen LogP contribution < -0.4 is 9.54 Å². The van der Waals surface area contributed by atoms with Gasteiger partial charge in [-0.25, -0.2) is 8.42 Å². The smallest absolute Gasteiger partial charge is 0.279 e. The van der Waals surface area contributed by atoms with E-state index in [-0.39, 0.29) is 4.90 Å². The number of thiazole rings is 1. The third-order valence-corrected chi connectivity index (χ3v) is 8.12. The van der Waals surface area contributed by atoms with Crippen molar-refractivity contribution in [3.05, 3.63) is 52.8 Å². The lowest BCUT2D eigenvalue weighted by molar-refractivity contribution is 0.0997. The summed E-state index contributed by atoms with van der Waals surface area (Å²) in [6.07, 6.45) is 1.48. The average molecular weight is 490 g/mol. The normalized spacial score (nSPS) is 12.6. The first-order valence-electron chi connectivity index (χ1n) is 11.3. The van der Waals surface area contributed by atoms with E-state index in [2.05, 4.69) is 4.99 Å². The molecule has 3 aromatic rings. The zero-order valence-corrected chi connectivity index (χ0v) is 21.2. The van der Waals surface area contributed by atoms with Gasteiger partial charge in [0.25, 0.3) is 5.91 Å². The molecule has 33 heavy (non-hydrogen) atoms. The van der Waals surface area contributed by atoms with Crippen LogP contribution in [0.25, 0.3) is 10.2 Å². The second-order valence-corrected chi connectivity index (χ2v) is 10.5. The van der Waals surface area contributed by atoms with E-state index in [1.165, 1.54) is 39.9 Å². The number of aryl methyl sites for hydroxylation is 1. The van der Waals surface area contributed by atoms with E-state index in [1.54, 1.807) is 0 Å². The number of hydrogen-bond donors (Lipinski definition) is 0. The molecular weight excluding hydrogens is 458 g/mol. The topological polar surface area (TPSA) is 81.0 Å². The van der Waals surface area contributed by atoms with Crippen molar-refractivity contribution in [1.29, 1.82) is 0 Å². The highest BCUT2D eigenvalue weighted by molar-refractivity contribution is 7.89. The molecule has 1 aromatic heterocycles. The van der Waals surface area contributed by atoms with E-state index < -0.39 is 15.9 Å². The van der Waals surface area contributed by atoms with E-state index in [0.29, 0.717) is 36.6 Å². The lowest BCUT2D eigenvalue weighted by Crippen LogP contribution is -2.32. The summed E-state index contributed by atoms with van der Waals surface area (Å²) < 4.78 is 36.1. The monoisotopic (exact) mass is 489 g/mol. The molecule has 3 rings (SSSR count). The first-order valence-corrected chi connectivity index (χ1v) is 13.6. The number of sulfonamides is 1. The van der Waals surface area contributed by atoms with Gasteiger partial charge in [-0.1, -0.05) is 31.3 Å². The minimum atomic E-state index is -3.59. The van der Waals surface area contributed by atoms with E-state index >= 15 is 0 Å². The van der Waals surface area contributed by atoms with Crippen LogP contribution in [0.1, 0.15) is 50.9 Å². The minimum absolute atomic E-state index is 0.188. The van der Waals surface area contributed by atoms with Crippen LogP contribution in [0.3, 0.4) is 0 Å². The SMILES string of the molecule is CCCN(CCC)S(=O)(=O)c1ccc(C(=O)N=c2sc3cccc(OCC)c3n2CC)cc1. The van der Waals surface area contributed by atoms with Gasteiger partial charge in [0.15, 0.2) is 4.80 Å². The molecule has 0 N–H and O–H groups in total. The lowest BCUT2D eigenvalue weighted by atomic mass is 10.2. The Morgan fingerprint density at radius 2 is 1.70 bits per heavy atom. The summed E-state index contributed by atoms with van der Waals surface area (Å²) in [5.74, 6) is 0.352. The fourth-order valence-electron chi connectivity index (χ4n) is 3.67. The number of ether oxygens (including phenoxy) is 1. The Morgan fingerprint density at radius 1 is 1.03 bits per heavy atom. The van der Waals surface area contributed by atoms with Crippen molar-refractivity contribution in [3.63, 3.8) is 0 Å². The third-order valence-electron chi connectivity index (χ3n) is 5.16. The molecule has 0 radical (unpaired) electrons. The van der Waals surface area contributed by atoms with Crippen molar-refractivity contribution in [2.75, 3.05) is 19.7 Å². The van der Waals surface area contributed by atoms with Crippen LogP contribution in [0.4, 0.5) is 0 Å². The maximum absolute atomic E-state index is 13.0. The molecule has 0 aliphatic rings. The summed E-state index contributed by atoms with van der Waals surface area (Å²) in [7, 11) is -3.59. The largest absolute Gasteiger partial charge is 0.492 e. The Balaban J connectivity index is 1.95. The number of amides is 1. The molecule has 9 heteroatoms. The summed E-state index contributed by atoms with van der Waals surface area (Å²) in [6, 6.07) is 11.9. The highest BCUT2D eigenvalue weighted by Crippen LogP contribution is 2.27. The van der Waals surface area contributed by atoms with Crippen molar-refractivity contribution in [3.8, 4) is 5.75 Å². The number of hydrogen-bond acceptors (Lipinski definition) is 5. The molecule has 0 saturated heterocycles. The molecule has 7 nitrogen and oxygen atoms in total. The van der Waals surface area contributed by atoms with Crippen molar-refractivity contribution >= 4 is 37.5 Å². The number of benzene rings is 2. The van der Waals surface area contributed by atoms with Gasteiger partial charge >= 0.3 is 0 Å². The zero-order chi connectivity index (χ0) is 24.0. The van der Waals surface area contributed by atoms with Crippen LogP contribution in [0.5, 0.6) is 5.75 Å². The molecule has 0 unspecified atom stereocenters. The van der Waals surface area contributed by atoms with Gasteiger partial charge in [-0.05, 0) is 63.1 Å². The Kier molecular flexibility index (Phi) is 8.45. The van der Waals surface area contributed by atoms with E-state index in [0.717, 1.165) is 28.8 Å². The summed E-state index contributed by atoms with van der Waals surface area (Å²) in [4.78, 5) is 18.0. The molecule has 0 aliphatic heterocycles. The molecule has 1 heterocycles. The molecule has 0 spiro atoms. The Bertz CT molecular complexity index is 1270. The molecule has 0 atom stereocenters. The predicted octanol–water partition coefficient (Wildman–Crippen LogP) is 4.67.